The maximum Gasteiger partial charge on any atom is 0.180 e. The number of rotatable bonds is 5. The monoisotopic (exact) mass is 422 g/mol. The molecule has 0 saturated heterocycles. The van der Waals surface area contributed by atoms with E-state index in [-0.39, 0.29) is 6.04 Å². The van der Waals surface area contributed by atoms with Crippen molar-refractivity contribution in [3.8, 4) is 11.1 Å². The van der Waals surface area contributed by atoms with E-state index in [1.165, 1.54) is 11.1 Å². The van der Waals surface area contributed by atoms with Crippen LogP contribution in [0, 0.1) is 13.8 Å². The van der Waals surface area contributed by atoms with Gasteiger partial charge in [-0.15, -0.1) is 0 Å². The van der Waals surface area contributed by atoms with Crippen molar-refractivity contribution in [1.29, 1.82) is 0 Å². The predicted octanol–water partition coefficient (Wildman–Crippen LogP) is 7.06. The molecule has 5 rings (SSSR count). The second kappa shape index (κ2) is 8.39. The average molecular weight is 423 g/mol. The van der Waals surface area contributed by atoms with Crippen molar-refractivity contribution in [3.05, 3.63) is 107 Å². The molecule has 0 aliphatic carbocycles. The third-order valence-corrected chi connectivity index (χ3v) is 6.05. The number of fused-ring (bicyclic) bond motifs is 1. The van der Waals surface area contributed by atoms with Crippen molar-refractivity contribution in [2.45, 2.75) is 33.4 Å². The third-order valence-electron chi connectivity index (χ3n) is 6.05. The summed E-state index contributed by atoms with van der Waals surface area (Å²) in [4.78, 5) is 2.21. The van der Waals surface area contributed by atoms with Crippen LogP contribution in [0.1, 0.15) is 29.4 Å². The summed E-state index contributed by atoms with van der Waals surface area (Å²) in [7, 11) is 0. The van der Waals surface area contributed by atoms with Gasteiger partial charge in [-0.05, 0) is 55.7 Å². The highest BCUT2D eigenvalue weighted by Crippen LogP contribution is 2.40. The Hall–Kier alpha value is -3.79. The van der Waals surface area contributed by atoms with Gasteiger partial charge in [0.05, 0.1) is 11.7 Å². The van der Waals surface area contributed by atoms with Gasteiger partial charge >= 0.3 is 0 Å². The van der Waals surface area contributed by atoms with Crippen LogP contribution in [0.15, 0.2) is 89.5 Å². The number of nitrogens with zero attached hydrogens (tertiary/aromatic N) is 2. The highest BCUT2D eigenvalue weighted by atomic mass is 16.5. The lowest BCUT2D eigenvalue weighted by Gasteiger charge is -2.34. The molecule has 0 amide bonds. The van der Waals surface area contributed by atoms with Gasteiger partial charge in [0, 0.05) is 11.1 Å². The van der Waals surface area contributed by atoms with Gasteiger partial charge in [0.15, 0.2) is 5.82 Å². The molecule has 4 nitrogen and oxygen atoms in total. The Morgan fingerprint density at radius 2 is 1.56 bits per heavy atom. The molecule has 0 spiro atoms. The second-order valence-electron chi connectivity index (χ2n) is 8.20. The number of anilines is 2. The van der Waals surface area contributed by atoms with E-state index in [1.54, 1.807) is 0 Å². The summed E-state index contributed by atoms with van der Waals surface area (Å²) < 4.78 is 11.8. The van der Waals surface area contributed by atoms with E-state index in [1.807, 2.05) is 32.0 Å². The fraction of sp³-hybridized carbons (Fsp3) is 0.179. The average Bonchev–Trinajstić information content (AvgIpc) is 3.16. The van der Waals surface area contributed by atoms with Gasteiger partial charge in [-0.25, -0.2) is 0 Å². The summed E-state index contributed by atoms with van der Waals surface area (Å²) in [5, 5.41) is 4.32. The zero-order valence-electron chi connectivity index (χ0n) is 18.6. The van der Waals surface area contributed by atoms with E-state index in [2.05, 4.69) is 83.7 Å². The second-order valence-corrected chi connectivity index (χ2v) is 8.20. The number of hydrogen-bond acceptors (Lipinski definition) is 4. The van der Waals surface area contributed by atoms with Crippen molar-refractivity contribution in [2.24, 2.45) is 0 Å². The van der Waals surface area contributed by atoms with Crippen molar-refractivity contribution >= 4 is 17.3 Å². The maximum absolute atomic E-state index is 6.32. The third kappa shape index (κ3) is 3.69. The Balaban J connectivity index is 1.38. The van der Waals surface area contributed by atoms with E-state index in [0.29, 0.717) is 6.61 Å². The minimum atomic E-state index is 0.0866. The summed E-state index contributed by atoms with van der Waals surface area (Å²) in [6.45, 7) is 6.66. The largest absolute Gasteiger partial charge is 0.488 e. The summed E-state index contributed by atoms with van der Waals surface area (Å²) in [6.07, 6.45) is 2.16. The number of ether oxygens (including phenoxy) is 1. The van der Waals surface area contributed by atoms with Crippen LogP contribution < -0.4 is 4.90 Å². The zero-order chi connectivity index (χ0) is 22.1. The Morgan fingerprint density at radius 1 is 0.875 bits per heavy atom. The van der Waals surface area contributed by atoms with Gasteiger partial charge in [0.1, 0.15) is 18.1 Å². The van der Waals surface area contributed by atoms with Gasteiger partial charge in [-0.2, -0.15) is 0 Å². The molecule has 0 fully saturated rings. The Bertz CT molecular complexity index is 1260. The van der Waals surface area contributed by atoms with Gasteiger partial charge in [0.2, 0.25) is 0 Å². The van der Waals surface area contributed by atoms with E-state index in [4.69, 9.17) is 9.26 Å². The molecule has 0 saturated carbocycles. The summed E-state index contributed by atoms with van der Waals surface area (Å²) in [5.74, 6) is 2.60. The topological polar surface area (TPSA) is 38.5 Å². The number of hydrogen-bond donors (Lipinski definition) is 0. The molecule has 160 valence electrons. The molecule has 1 aromatic heterocycles. The highest BCUT2D eigenvalue weighted by Gasteiger charge is 2.29. The van der Waals surface area contributed by atoms with Gasteiger partial charge in [-0.3, -0.25) is 0 Å². The van der Waals surface area contributed by atoms with Crippen LogP contribution >= 0.6 is 0 Å². The fourth-order valence-corrected chi connectivity index (χ4v) is 4.14. The van der Waals surface area contributed by atoms with Gasteiger partial charge in [0.25, 0.3) is 0 Å². The Labute approximate surface area is 188 Å². The first-order chi connectivity index (χ1) is 15.6. The standard InChI is InChI=1S/C28H26N2O2/c1-19-17-27(31-18-22-13-15-24(16-14-22)23-9-5-4-6-10-23)25-11-7-8-12-26(25)30(19)28-20(2)21(3)32-29-28/h4-17,19H,18H2,1-3H3. The van der Waals surface area contributed by atoms with Gasteiger partial charge < -0.3 is 14.2 Å². The molecule has 4 aromatic rings. The lowest BCUT2D eigenvalue weighted by Crippen LogP contribution is -2.31. The minimum absolute atomic E-state index is 0.0866. The van der Waals surface area contributed by atoms with Gasteiger partial charge in [-0.1, -0.05) is 71.9 Å². The molecule has 0 bridgehead atoms. The number of benzene rings is 3. The quantitative estimate of drug-likeness (QED) is 0.345. The summed E-state index contributed by atoms with van der Waals surface area (Å²) >= 11 is 0. The van der Waals surface area contributed by atoms with Crippen molar-refractivity contribution in [3.63, 3.8) is 0 Å². The lowest BCUT2D eigenvalue weighted by atomic mass is 10.0. The molecule has 3 aromatic carbocycles. The number of aromatic nitrogens is 1. The first kappa shape index (κ1) is 20.1. The van der Waals surface area contributed by atoms with Crippen LogP contribution in [0.2, 0.25) is 0 Å². The van der Waals surface area contributed by atoms with E-state index in [9.17, 15) is 0 Å². The molecule has 1 atom stereocenters. The minimum Gasteiger partial charge on any atom is -0.488 e. The lowest BCUT2D eigenvalue weighted by molar-refractivity contribution is 0.262. The Kier molecular flexibility index (Phi) is 5.28. The smallest absolute Gasteiger partial charge is 0.180 e. The van der Waals surface area contributed by atoms with Crippen molar-refractivity contribution < 1.29 is 9.26 Å². The van der Waals surface area contributed by atoms with Crippen LogP contribution in [0.3, 0.4) is 0 Å². The first-order valence-corrected chi connectivity index (χ1v) is 10.9. The van der Waals surface area contributed by atoms with Crippen LogP contribution in [0.25, 0.3) is 16.9 Å². The predicted molar refractivity (Wildman–Crippen MR) is 129 cm³/mol. The number of para-hydroxylation sites is 1. The molecule has 0 radical (unpaired) electrons. The molecule has 2 heterocycles. The molecule has 1 unspecified atom stereocenters. The summed E-state index contributed by atoms with van der Waals surface area (Å²) in [5.41, 5.74) is 6.76. The maximum atomic E-state index is 6.32. The molecular formula is C28H26N2O2. The zero-order valence-corrected chi connectivity index (χ0v) is 18.6. The van der Waals surface area contributed by atoms with Crippen LogP contribution in [0.5, 0.6) is 0 Å². The molecule has 4 heteroatoms. The van der Waals surface area contributed by atoms with Crippen LogP contribution in [0.4, 0.5) is 11.5 Å². The molecule has 1 aliphatic rings. The van der Waals surface area contributed by atoms with E-state index in [0.717, 1.165) is 39.7 Å². The van der Waals surface area contributed by atoms with Crippen LogP contribution in [-0.2, 0) is 11.3 Å². The normalized spacial score (nSPS) is 15.3. The fourth-order valence-electron chi connectivity index (χ4n) is 4.14. The highest BCUT2D eigenvalue weighted by molar-refractivity contribution is 5.82. The summed E-state index contributed by atoms with van der Waals surface area (Å²) in [6, 6.07) is 27.4. The molecular weight excluding hydrogens is 396 g/mol. The Morgan fingerprint density at radius 3 is 2.28 bits per heavy atom. The van der Waals surface area contributed by atoms with Crippen LogP contribution in [-0.4, -0.2) is 11.2 Å². The number of aryl methyl sites for hydroxylation is 1. The SMILES string of the molecule is Cc1onc(N2c3ccccc3C(OCc3ccc(-c4ccccc4)cc3)=CC2C)c1C. The van der Waals surface area contributed by atoms with E-state index >= 15 is 0 Å². The molecule has 1 aliphatic heterocycles. The molecule has 0 N–H and O–H groups in total. The van der Waals surface area contributed by atoms with E-state index < -0.39 is 0 Å². The van der Waals surface area contributed by atoms with Crippen molar-refractivity contribution in [1.82, 2.24) is 5.16 Å². The van der Waals surface area contributed by atoms with Crippen molar-refractivity contribution in [2.75, 3.05) is 4.90 Å². The molecule has 32 heavy (non-hydrogen) atoms. The first-order valence-electron chi connectivity index (χ1n) is 10.9.